The van der Waals surface area contributed by atoms with Crippen LogP contribution >= 0.6 is 27.5 Å². The van der Waals surface area contributed by atoms with Crippen LogP contribution in [0.2, 0.25) is 0 Å². The van der Waals surface area contributed by atoms with Crippen LogP contribution in [-0.2, 0) is 4.79 Å². The SMILES string of the molecule is C[C@@H]1CC2=CC(=O)CC[C@]2(C)[C@H]2CC[C@@]3(C)[C@@H](CC=C(Cl)[C@@]3(O)CBr)[C@H]12. The van der Waals surface area contributed by atoms with Crippen LogP contribution in [0.3, 0.4) is 0 Å². The second-order valence-corrected chi connectivity index (χ2v) is 10.7. The van der Waals surface area contributed by atoms with Gasteiger partial charge in [-0.25, -0.2) is 0 Å². The van der Waals surface area contributed by atoms with Crippen LogP contribution in [0, 0.1) is 34.5 Å². The molecule has 0 amide bonds. The van der Waals surface area contributed by atoms with Crippen LogP contribution in [0.4, 0.5) is 0 Å². The molecule has 0 radical (unpaired) electrons. The van der Waals surface area contributed by atoms with Gasteiger partial charge in [-0.1, -0.05) is 60.0 Å². The summed E-state index contributed by atoms with van der Waals surface area (Å²) in [6.45, 7) is 7.02. The molecule has 0 aliphatic heterocycles. The maximum Gasteiger partial charge on any atom is 0.155 e. The molecule has 0 spiro atoms. The van der Waals surface area contributed by atoms with Gasteiger partial charge >= 0.3 is 0 Å². The molecule has 1 N–H and O–H groups in total. The first-order chi connectivity index (χ1) is 12.2. The number of fused-ring (bicyclic) bond motifs is 5. The first-order valence-electron chi connectivity index (χ1n) is 10.1. The largest absolute Gasteiger partial charge is 0.383 e. The Kier molecular flexibility index (Phi) is 4.57. The summed E-state index contributed by atoms with van der Waals surface area (Å²) in [6, 6.07) is 0. The molecule has 144 valence electrons. The third kappa shape index (κ3) is 2.35. The van der Waals surface area contributed by atoms with Gasteiger partial charge in [-0.15, -0.1) is 0 Å². The average Bonchev–Trinajstić information content (AvgIpc) is 2.60. The third-order valence-corrected chi connectivity index (χ3v) is 10.1. The number of allylic oxidation sites excluding steroid dienone is 3. The molecule has 0 saturated heterocycles. The molecular weight excluding hydrogens is 412 g/mol. The highest BCUT2D eigenvalue weighted by Crippen LogP contribution is 2.67. The summed E-state index contributed by atoms with van der Waals surface area (Å²) in [7, 11) is 0. The number of aliphatic hydroxyl groups is 1. The normalized spacial score (nSPS) is 50.9. The molecule has 0 aromatic heterocycles. The van der Waals surface area contributed by atoms with Gasteiger partial charge in [0.25, 0.3) is 0 Å². The zero-order valence-electron chi connectivity index (χ0n) is 16.0. The summed E-state index contributed by atoms with van der Waals surface area (Å²) >= 11 is 10.1. The molecular formula is C22H30BrClO2. The molecule has 0 aromatic carbocycles. The number of hydrogen-bond donors (Lipinski definition) is 1. The van der Waals surface area contributed by atoms with Gasteiger partial charge in [0.05, 0.1) is 0 Å². The standard InChI is InChI=1S/C22H30BrClO2/c1-13-10-14-11-15(25)6-8-20(14,2)16-7-9-21(3)17(19(13)16)4-5-18(24)22(21,26)12-23/h5,11,13,16-17,19,26H,4,6-10,12H2,1-3H3/t13-,16+,17+,19-,20+,21+,22+/m1/s1. The minimum Gasteiger partial charge on any atom is -0.383 e. The Morgan fingerprint density at radius 1 is 1.31 bits per heavy atom. The van der Waals surface area contributed by atoms with Gasteiger partial charge in [0.2, 0.25) is 0 Å². The van der Waals surface area contributed by atoms with Crippen LogP contribution in [-0.4, -0.2) is 21.8 Å². The molecule has 0 unspecified atom stereocenters. The monoisotopic (exact) mass is 440 g/mol. The number of ketones is 1. The number of hydrogen-bond acceptors (Lipinski definition) is 2. The van der Waals surface area contributed by atoms with E-state index in [1.165, 1.54) is 5.57 Å². The van der Waals surface area contributed by atoms with Crippen molar-refractivity contribution in [3.8, 4) is 0 Å². The number of carbonyl (C=O) groups is 1. The number of carbonyl (C=O) groups excluding carboxylic acids is 1. The maximum atomic E-state index is 12.0. The van der Waals surface area contributed by atoms with Gasteiger partial charge in [-0.05, 0) is 67.3 Å². The van der Waals surface area contributed by atoms with Crippen molar-refractivity contribution in [1.82, 2.24) is 0 Å². The second kappa shape index (κ2) is 6.19. The lowest BCUT2D eigenvalue weighted by molar-refractivity contribution is -0.152. The molecule has 2 saturated carbocycles. The van der Waals surface area contributed by atoms with Gasteiger partial charge in [0.15, 0.2) is 5.78 Å². The van der Waals surface area contributed by atoms with E-state index >= 15 is 0 Å². The molecule has 4 heteroatoms. The third-order valence-electron chi connectivity index (χ3n) is 8.78. The van der Waals surface area contributed by atoms with E-state index < -0.39 is 5.60 Å². The quantitative estimate of drug-likeness (QED) is 0.536. The first kappa shape index (κ1) is 19.2. The molecule has 4 aliphatic carbocycles. The van der Waals surface area contributed by atoms with E-state index in [0.29, 0.717) is 46.2 Å². The fraction of sp³-hybridized carbons (Fsp3) is 0.773. The van der Waals surface area contributed by atoms with E-state index in [9.17, 15) is 9.90 Å². The van der Waals surface area contributed by atoms with Crippen molar-refractivity contribution in [2.24, 2.45) is 34.5 Å². The van der Waals surface area contributed by atoms with E-state index in [0.717, 1.165) is 32.1 Å². The summed E-state index contributed by atoms with van der Waals surface area (Å²) in [4.78, 5) is 12.0. The predicted molar refractivity (Wildman–Crippen MR) is 109 cm³/mol. The number of alkyl halides is 1. The van der Waals surface area contributed by atoms with E-state index in [2.05, 4.69) is 42.8 Å². The van der Waals surface area contributed by atoms with Crippen LogP contribution in [0.1, 0.15) is 59.3 Å². The molecule has 0 heterocycles. The van der Waals surface area contributed by atoms with Crippen molar-refractivity contribution < 1.29 is 9.90 Å². The molecule has 4 rings (SSSR count). The second-order valence-electron chi connectivity index (χ2n) is 9.76. The Balaban J connectivity index is 1.78. The molecule has 0 aromatic rings. The molecule has 26 heavy (non-hydrogen) atoms. The highest BCUT2D eigenvalue weighted by Gasteiger charge is 2.63. The van der Waals surface area contributed by atoms with E-state index in [1.807, 2.05) is 6.08 Å². The number of rotatable bonds is 1. The fourth-order valence-corrected chi connectivity index (χ4v) is 8.54. The van der Waals surface area contributed by atoms with Crippen molar-refractivity contribution in [3.05, 3.63) is 22.8 Å². The predicted octanol–water partition coefficient (Wildman–Crippen LogP) is 5.62. The zero-order chi connectivity index (χ0) is 18.9. The summed E-state index contributed by atoms with van der Waals surface area (Å²) in [5.74, 6) is 2.48. The molecule has 4 aliphatic rings. The van der Waals surface area contributed by atoms with Crippen LogP contribution in [0.25, 0.3) is 0 Å². The van der Waals surface area contributed by atoms with Crippen molar-refractivity contribution in [2.75, 3.05) is 5.33 Å². The topological polar surface area (TPSA) is 37.3 Å². The van der Waals surface area contributed by atoms with Crippen LogP contribution < -0.4 is 0 Å². The summed E-state index contributed by atoms with van der Waals surface area (Å²) in [6.07, 6.45) is 9.83. The Bertz CT molecular complexity index is 700. The zero-order valence-corrected chi connectivity index (χ0v) is 18.4. The Labute approximate surface area is 170 Å². The average molecular weight is 442 g/mol. The van der Waals surface area contributed by atoms with Crippen LogP contribution in [0.15, 0.2) is 22.8 Å². The highest BCUT2D eigenvalue weighted by atomic mass is 79.9. The van der Waals surface area contributed by atoms with Crippen molar-refractivity contribution in [1.29, 1.82) is 0 Å². The summed E-state index contributed by atoms with van der Waals surface area (Å²) < 4.78 is 0. The Hall–Kier alpha value is -0.120. The highest BCUT2D eigenvalue weighted by molar-refractivity contribution is 9.09. The van der Waals surface area contributed by atoms with Crippen molar-refractivity contribution >= 4 is 33.3 Å². The first-order valence-corrected chi connectivity index (χ1v) is 11.6. The van der Waals surface area contributed by atoms with Crippen molar-refractivity contribution in [2.45, 2.75) is 64.9 Å². The fourth-order valence-electron chi connectivity index (χ4n) is 7.07. The molecule has 0 bridgehead atoms. The van der Waals surface area contributed by atoms with E-state index in [1.54, 1.807) is 0 Å². The maximum absolute atomic E-state index is 12.0. The van der Waals surface area contributed by atoms with Gasteiger partial charge in [0, 0.05) is 22.2 Å². The summed E-state index contributed by atoms with van der Waals surface area (Å²) in [5, 5.41) is 12.6. The minimum absolute atomic E-state index is 0.157. The van der Waals surface area contributed by atoms with Gasteiger partial charge < -0.3 is 5.11 Å². The lowest BCUT2D eigenvalue weighted by Crippen LogP contribution is -2.62. The number of halogens is 2. The lowest BCUT2D eigenvalue weighted by Gasteiger charge is -2.64. The molecule has 2 nitrogen and oxygen atoms in total. The van der Waals surface area contributed by atoms with E-state index in [4.69, 9.17) is 11.6 Å². The Morgan fingerprint density at radius 2 is 2.04 bits per heavy atom. The Morgan fingerprint density at radius 3 is 2.73 bits per heavy atom. The molecule has 2 fully saturated rings. The summed E-state index contributed by atoms with van der Waals surface area (Å²) in [5.41, 5.74) is 0.386. The lowest BCUT2D eigenvalue weighted by atomic mass is 9.41. The van der Waals surface area contributed by atoms with Crippen LogP contribution in [0.5, 0.6) is 0 Å². The molecule has 7 atom stereocenters. The van der Waals surface area contributed by atoms with Gasteiger partial charge in [0.1, 0.15) is 5.60 Å². The van der Waals surface area contributed by atoms with E-state index in [-0.39, 0.29) is 10.8 Å². The minimum atomic E-state index is -0.971. The van der Waals surface area contributed by atoms with Gasteiger partial charge in [-0.2, -0.15) is 0 Å². The smallest absolute Gasteiger partial charge is 0.155 e. The van der Waals surface area contributed by atoms with Gasteiger partial charge in [-0.3, -0.25) is 4.79 Å². The van der Waals surface area contributed by atoms with Crippen molar-refractivity contribution in [3.63, 3.8) is 0 Å².